The van der Waals surface area contributed by atoms with Crippen LogP contribution in [0.4, 0.5) is 4.39 Å². The van der Waals surface area contributed by atoms with Crippen LogP contribution in [0.3, 0.4) is 0 Å². The lowest BCUT2D eigenvalue weighted by Gasteiger charge is -2.15. The lowest BCUT2D eigenvalue weighted by Crippen LogP contribution is -2.05. The average molecular weight is 381 g/mol. The average Bonchev–Trinajstić information content (AvgIpc) is 3.32. The summed E-state index contributed by atoms with van der Waals surface area (Å²) in [4.78, 5) is 0. The lowest BCUT2D eigenvalue weighted by molar-refractivity contribution is 0.626. The Bertz CT molecular complexity index is 813. The van der Waals surface area contributed by atoms with Crippen molar-refractivity contribution in [2.24, 2.45) is 5.92 Å². The van der Waals surface area contributed by atoms with Gasteiger partial charge in [-0.2, -0.15) is 0 Å². The SMILES string of the molecule is C/C=C\C(=C/c1ccccc1C1(C)CC1C)c1ccc(F)cc1C.CC.CC. The van der Waals surface area contributed by atoms with Crippen molar-refractivity contribution in [2.45, 2.75) is 67.2 Å². The molecule has 1 heteroatoms. The summed E-state index contributed by atoms with van der Waals surface area (Å²) in [5, 5.41) is 0. The summed E-state index contributed by atoms with van der Waals surface area (Å²) in [6, 6.07) is 13.7. The maximum atomic E-state index is 13.5. The van der Waals surface area contributed by atoms with E-state index in [0.717, 1.165) is 22.6 Å². The van der Waals surface area contributed by atoms with Crippen LogP contribution in [-0.4, -0.2) is 0 Å². The number of allylic oxidation sites excluding steroid dienone is 3. The molecule has 28 heavy (non-hydrogen) atoms. The molecule has 2 aromatic rings. The molecule has 1 fully saturated rings. The number of aryl methyl sites for hydroxylation is 1. The van der Waals surface area contributed by atoms with Gasteiger partial charge in [0.1, 0.15) is 5.82 Å². The molecule has 0 spiro atoms. The minimum atomic E-state index is -0.184. The van der Waals surface area contributed by atoms with Crippen LogP contribution in [0.1, 0.15) is 77.1 Å². The molecular weight excluding hydrogens is 343 g/mol. The molecule has 0 saturated heterocycles. The van der Waals surface area contributed by atoms with Crippen molar-refractivity contribution in [3.8, 4) is 0 Å². The molecule has 0 radical (unpaired) electrons. The highest BCUT2D eigenvalue weighted by molar-refractivity contribution is 5.89. The van der Waals surface area contributed by atoms with Gasteiger partial charge in [-0.05, 0) is 77.6 Å². The van der Waals surface area contributed by atoms with Gasteiger partial charge in [0, 0.05) is 0 Å². The first kappa shape index (κ1) is 23.9. The Labute approximate surface area is 172 Å². The second-order valence-corrected chi connectivity index (χ2v) is 7.17. The second kappa shape index (κ2) is 11.0. The van der Waals surface area contributed by atoms with Gasteiger partial charge in [-0.15, -0.1) is 0 Å². The van der Waals surface area contributed by atoms with E-state index in [1.54, 1.807) is 6.07 Å². The van der Waals surface area contributed by atoms with Crippen molar-refractivity contribution >= 4 is 11.6 Å². The van der Waals surface area contributed by atoms with Crippen LogP contribution < -0.4 is 0 Å². The zero-order valence-electron chi connectivity index (χ0n) is 18.9. The van der Waals surface area contributed by atoms with Crippen LogP contribution in [0.5, 0.6) is 0 Å². The molecule has 1 saturated carbocycles. The van der Waals surface area contributed by atoms with Crippen LogP contribution >= 0.6 is 0 Å². The number of hydrogen-bond donors (Lipinski definition) is 0. The van der Waals surface area contributed by atoms with Crippen LogP contribution in [0.15, 0.2) is 54.6 Å². The van der Waals surface area contributed by atoms with Crippen LogP contribution in [-0.2, 0) is 5.41 Å². The third kappa shape index (κ3) is 5.44. The largest absolute Gasteiger partial charge is 0.207 e. The molecular formula is C27H37F. The molecule has 3 rings (SSSR count). The molecule has 0 aliphatic heterocycles. The van der Waals surface area contributed by atoms with E-state index in [9.17, 15) is 4.39 Å². The zero-order valence-corrected chi connectivity index (χ0v) is 18.9. The van der Waals surface area contributed by atoms with Gasteiger partial charge in [-0.3, -0.25) is 0 Å². The summed E-state index contributed by atoms with van der Waals surface area (Å²) in [5.41, 5.74) is 6.13. The summed E-state index contributed by atoms with van der Waals surface area (Å²) in [5.74, 6) is 0.542. The van der Waals surface area contributed by atoms with E-state index < -0.39 is 0 Å². The highest BCUT2D eigenvalue weighted by Gasteiger charge is 2.48. The standard InChI is InChI=1S/C23H25F.2C2H6/c1-5-8-18(21-12-11-20(24)13-16(21)2)14-19-9-6-7-10-22(19)23(4)15-17(23)3;2*1-2/h5-14,17H,15H2,1-4H3;2*1-2H3/b8-5-,18-14+;;. The fourth-order valence-electron chi connectivity index (χ4n) is 3.61. The molecule has 0 nitrogen and oxygen atoms in total. The van der Waals surface area contributed by atoms with Crippen molar-refractivity contribution < 1.29 is 4.39 Å². The molecule has 0 heterocycles. The molecule has 1 aliphatic carbocycles. The Balaban J connectivity index is 0.000000921. The smallest absolute Gasteiger partial charge is 0.123 e. The van der Waals surface area contributed by atoms with Gasteiger partial charge in [0.15, 0.2) is 0 Å². The van der Waals surface area contributed by atoms with Crippen LogP contribution in [0.25, 0.3) is 11.6 Å². The molecule has 2 unspecified atom stereocenters. The highest BCUT2D eigenvalue weighted by Crippen LogP contribution is 2.54. The third-order valence-corrected chi connectivity index (χ3v) is 5.39. The predicted molar refractivity (Wildman–Crippen MR) is 124 cm³/mol. The fraction of sp³-hybridized carbons (Fsp3) is 0.407. The quantitative estimate of drug-likeness (QED) is 0.368. The number of halogens is 1. The van der Waals surface area contributed by atoms with Gasteiger partial charge in [-0.25, -0.2) is 4.39 Å². The Morgan fingerprint density at radius 2 is 1.68 bits per heavy atom. The summed E-state index contributed by atoms with van der Waals surface area (Å²) in [6.07, 6.45) is 7.63. The minimum absolute atomic E-state index is 0.184. The van der Waals surface area contributed by atoms with Gasteiger partial charge in [0.05, 0.1) is 0 Å². The number of benzene rings is 2. The minimum Gasteiger partial charge on any atom is -0.207 e. The van der Waals surface area contributed by atoms with E-state index >= 15 is 0 Å². The number of hydrogen-bond acceptors (Lipinski definition) is 0. The van der Waals surface area contributed by atoms with Crippen molar-refractivity contribution in [3.05, 3.63) is 82.7 Å². The Morgan fingerprint density at radius 1 is 1.07 bits per heavy atom. The first-order valence-electron chi connectivity index (χ1n) is 10.7. The monoisotopic (exact) mass is 380 g/mol. The maximum Gasteiger partial charge on any atom is 0.123 e. The van der Waals surface area contributed by atoms with Crippen LogP contribution in [0, 0.1) is 18.7 Å². The summed E-state index contributed by atoms with van der Waals surface area (Å²) < 4.78 is 13.5. The van der Waals surface area contributed by atoms with Crippen LogP contribution in [0.2, 0.25) is 0 Å². The van der Waals surface area contributed by atoms with Crippen molar-refractivity contribution in [3.63, 3.8) is 0 Å². The highest BCUT2D eigenvalue weighted by atomic mass is 19.1. The molecule has 0 aromatic heterocycles. The molecule has 152 valence electrons. The third-order valence-electron chi connectivity index (χ3n) is 5.39. The Hall–Kier alpha value is -2.15. The molecule has 1 aliphatic rings. The van der Waals surface area contributed by atoms with E-state index in [2.05, 4.69) is 50.3 Å². The van der Waals surface area contributed by atoms with E-state index in [1.165, 1.54) is 23.6 Å². The first-order chi connectivity index (χ1) is 13.5. The first-order valence-corrected chi connectivity index (χ1v) is 10.7. The number of rotatable bonds is 4. The summed E-state index contributed by atoms with van der Waals surface area (Å²) in [6.45, 7) is 16.6. The Kier molecular flexibility index (Phi) is 9.38. The molecule has 2 aromatic carbocycles. The lowest BCUT2D eigenvalue weighted by atomic mass is 9.89. The van der Waals surface area contributed by atoms with Gasteiger partial charge >= 0.3 is 0 Å². The van der Waals surface area contributed by atoms with Gasteiger partial charge < -0.3 is 0 Å². The maximum absolute atomic E-state index is 13.5. The topological polar surface area (TPSA) is 0 Å². The van der Waals surface area contributed by atoms with Crippen molar-refractivity contribution in [2.75, 3.05) is 0 Å². The summed E-state index contributed by atoms with van der Waals surface area (Å²) in [7, 11) is 0. The van der Waals surface area contributed by atoms with Gasteiger partial charge in [-0.1, -0.05) is 84.0 Å². The second-order valence-electron chi connectivity index (χ2n) is 7.17. The summed E-state index contributed by atoms with van der Waals surface area (Å²) >= 11 is 0. The van der Waals surface area contributed by atoms with E-state index in [-0.39, 0.29) is 11.2 Å². The normalized spacial score (nSPS) is 20.8. The van der Waals surface area contributed by atoms with Crippen molar-refractivity contribution in [1.82, 2.24) is 0 Å². The van der Waals surface area contributed by atoms with E-state index in [1.807, 2.05) is 53.7 Å². The molecule has 2 atom stereocenters. The fourth-order valence-corrected chi connectivity index (χ4v) is 3.61. The molecule has 0 N–H and O–H groups in total. The van der Waals surface area contributed by atoms with E-state index in [0.29, 0.717) is 0 Å². The Morgan fingerprint density at radius 3 is 2.21 bits per heavy atom. The zero-order chi connectivity index (χ0) is 21.3. The van der Waals surface area contributed by atoms with Crippen molar-refractivity contribution in [1.29, 1.82) is 0 Å². The molecule has 0 bridgehead atoms. The predicted octanol–water partition coefficient (Wildman–Crippen LogP) is 8.60. The van der Waals surface area contributed by atoms with E-state index in [4.69, 9.17) is 0 Å². The van der Waals surface area contributed by atoms with Gasteiger partial charge in [0.25, 0.3) is 0 Å². The van der Waals surface area contributed by atoms with Gasteiger partial charge in [0.2, 0.25) is 0 Å². The molecule has 0 amide bonds.